The lowest BCUT2D eigenvalue weighted by molar-refractivity contribution is 0.0561. The number of ether oxygens (including phenoxy) is 1. The zero-order valence-electron chi connectivity index (χ0n) is 10.8. The van der Waals surface area contributed by atoms with E-state index in [1.165, 1.54) is 24.9 Å². The molecule has 0 amide bonds. The number of aryl methyl sites for hydroxylation is 1. The Kier molecular flexibility index (Phi) is 4.19. The number of aromatic carboxylic acids is 1. The van der Waals surface area contributed by atoms with Crippen molar-refractivity contribution in [2.24, 2.45) is 0 Å². The molecule has 0 unspecified atom stereocenters. The first-order valence-corrected chi connectivity index (χ1v) is 6.63. The fourth-order valence-corrected chi connectivity index (χ4v) is 2.31. The summed E-state index contributed by atoms with van der Waals surface area (Å²) in [6.07, 6.45) is 0. The van der Waals surface area contributed by atoms with Crippen LogP contribution in [0.5, 0.6) is 0 Å². The van der Waals surface area contributed by atoms with Gasteiger partial charge in [0.1, 0.15) is 5.76 Å². The van der Waals surface area contributed by atoms with Crippen molar-refractivity contribution >= 4 is 23.7 Å². The predicted molar refractivity (Wildman–Crippen MR) is 70.0 cm³/mol. The second-order valence-electron chi connectivity index (χ2n) is 3.93. The molecule has 0 bridgehead atoms. The number of carboxylic acids is 1. The summed E-state index contributed by atoms with van der Waals surface area (Å²) in [5, 5.41) is 9.21. The number of hydrogen-bond donors (Lipinski definition) is 1. The van der Waals surface area contributed by atoms with Crippen LogP contribution in [0.15, 0.2) is 32.1 Å². The van der Waals surface area contributed by atoms with Gasteiger partial charge in [-0.3, -0.25) is 0 Å². The zero-order valence-corrected chi connectivity index (χ0v) is 11.7. The van der Waals surface area contributed by atoms with Gasteiger partial charge in [0.2, 0.25) is 11.5 Å². The Morgan fingerprint density at radius 2 is 2.10 bits per heavy atom. The second kappa shape index (κ2) is 5.87. The zero-order chi connectivity index (χ0) is 14.7. The van der Waals surface area contributed by atoms with Crippen LogP contribution >= 0.6 is 11.8 Å². The maximum absolute atomic E-state index is 11.4. The molecule has 0 fully saturated rings. The quantitative estimate of drug-likeness (QED) is 0.670. The summed E-state index contributed by atoms with van der Waals surface area (Å²) in [7, 11) is 1.29. The molecule has 7 heteroatoms. The van der Waals surface area contributed by atoms with Crippen molar-refractivity contribution in [2.75, 3.05) is 7.11 Å². The van der Waals surface area contributed by atoms with Crippen LogP contribution in [0.4, 0.5) is 0 Å². The largest absolute Gasteiger partial charge is 0.475 e. The molecular formula is C13H12O6S. The molecule has 2 aromatic heterocycles. The van der Waals surface area contributed by atoms with Gasteiger partial charge in [0.05, 0.1) is 12.9 Å². The van der Waals surface area contributed by atoms with Gasteiger partial charge in [0.25, 0.3) is 0 Å². The fraction of sp³-hybridized carbons (Fsp3) is 0.231. The van der Waals surface area contributed by atoms with E-state index < -0.39 is 11.9 Å². The Hall–Kier alpha value is -2.15. The third kappa shape index (κ3) is 3.05. The summed E-state index contributed by atoms with van der Waals surface area (Å²) in [6, 6.07) is 4.70. The molecule has 20 heavy (non-hydrogen) atoms. The highest BCUT2D eigenvalue weighted by Gasteiger charge is 2.16. The average Bonchev–Trinajstić information content (AvgIpc) is 3.02. The topological polar surface area (TPSA) is 89.9 Å². The van der Waals surface area contributed by atoms with E-state index in [4.69, 9.17) is 13.9 Å². The fourth-order valence-electron chi connectivity index (χ4n) is 1.57. The summed E-state index contributed by atoms with van der Waals surface area (Å²) >= 11 is 1.28. The van der Waals surface area contributed by atoms with Gasteiger partial charge in [-0.15, -0.1) is 0 Å². The van der Waals surface area contributed by atoms with Gasteiger partial charge in [0.15, 0.2) is 5.09 Å². The van der Waals surface area contributed by atoms with Crippen LogP contribution < -0.4 is 0 Å². The molecule has 2 rings (SSSR count). The van der Waals surface area contributed by atoms with E-state index in [1.54, 1.807) is 19.1 Å². The predicted octanol–water partition coefficient (Wildman–Crippen LogP) is 2.96. The number of methoxy groups -OCH3 is 1. The van der Waals surface area contributed by atoms with Crippen molar-refractivity contribution in [3.05, 3.63) is 41.0 Å². The number of carbonyl (C=O) groups excluding carboxylic acids is 1. The van der Waals surface area contributed by atoms with E-state index in [9.17, 15) is 9.59 Å². The Morgan fingerprint density at radius 3 is 2.70 bits per heavy atom. The van der Waals surface area contributed by atoms with Crippen LogP contribution in [-0.4, -0.2) is 24.2 Å². The first-order valence-electron chi connectivity index (χ1n) is 5.65. The molecule has 0 spiro atoms. The SMILES string of the molecule is COC(=O)c1oc(CSc2ccc(C(=O)O)o2)cc1C. The Balaban J connectivity index is 2.03. The summed E-state index contributed by atoms with van der Waals surface area (Å²) in [4.78, 5) is 22.1. The van der Waals surface area contributed by atoms with Gasteiger partial charge in [-0.25, -0.2) is 9.59 Å². The number of thioether (sulfide) groups is 1. The van der Waals surface area contributed by atoms with Crippen LogP contribution in [0.1, 0.15) is 32.4 Å². The van der Waals surface area contributed by atoms with E-state index in [1.807, 2.05) is 0 Å². The third-order valence-corrected chi connectivity index (χ3v) is 3.42. The van der Waals surface area contributed by atoms with Gasteiger partial charge in [-0.05, 0) is 25.1 Å². The standard InChI is InChI=1S/C13H12O6S/c1-7-5-8(18-11(7)13(16)17-2)6-20-10-4-3-9(19-10)12(14)15/h3-5H,6H2,1-2H3,(H,14,15). The normalized spacial score (nSPS) is 10.5. The van der Waals surface area contributed by atoms with Gasteiger partial charge in [-0.2, -0.15) is 0 Å². The van der Waals surface area contributed by atoms with Crippen LogP contribution in [0.3, 0.4) is 0 Å². The molecular weight excluding hydrogens is 284 g/mol. The van der Waals surface area contributed by atoms with Gasteiger partial charge in [0, 0.05) is 5.56 Å². The Morgan fingerprint density at radius 1 is 1.35 bits per heavy atom. The maximum Gasteiger partial charge on any atom is 0.374 e. The highest BCUT2D eigenvalue weighted by atomic mass is 32.2. The van der Waals surface area contributed by atoms with Gasteiger partial charge in [-0.1, -0.05) is 11.8 Å². The third-order valence-electron chi connectivity index (χ3n) is 2.49. The van der Waals surface area contributed by atoms with E-state index in [2.05, 4.69) is 4.74 Å². The van der Waals surface area contributed by atoms with E-state index in [0.717, 1.165) is 0 Å². The number of furan rings is 2. The maximum atomic E-state index is 11.4. The first-order chi connectivity index (χ1) is 9.51. The molecule has 0 atom stereocenters. The minimum atomic E-state index is -1.11. The number of carboxylic acid groups (broad SMARTS) is 1. The summed E-state index contributed by atoms with van der Waals surface area (Å²) in [5.41, 5.74) is 0.693. The molecule has 2 aromatic rings. The molecule has 2 heterocycles. The number of carbonyl (C=O) groups is 2. The lowest BCUT2D eigenvalue weighted by Gasteiger charge is -1.96. The first kappa shape index (κ1) is 14.3. The number of esters is 1. The van der Waals surface area contributed by atoms with Crippen molar-refractivity contribution in [1.82, 2.24) is 0 Å². The second-order valence-corrected chi connectivity index (χ2v) is 4.91. The van der Waals surface area contributed by atoms with Crippen LogP contribution in [0.2, 0.25) is 0 Å². The molecule has 6 nitrogen and oxygen atoms in total. The van der Waals surface area contributed by atoms with Gasteiger partial charge >= 0.3 is 11.9 Å². The molecule has 0 saturated carbocycles. The molecule has 106 valence electrons. The Labute approximate surface area is 118 Å². The molecule has 0 radical (unpaired) electrons. The highest BCUT2D eigenvalue weighted by Crippen LogP contribution is 2.27. The molecule has 0 aliphatic carbocycles. The van der Waals surface area contributed by atoms with Crippen molar-refractivity contribution in [2.45, 2.75) is 17.8 Å². The molecule has 0 saturated heterocycles. The monoisotopic (exact) mass is 296 g/mol. The smallest absolute Gasteiger partial charge is 0.374 e. The number of hydrogen-bond acceptors (Lipinski definition) is 6. The van der Waals surface area contributed by atoms with Crippen molar-refractivity contribution in [3.63, 3.8) is 0 Å². The minimum absolute atomic E-state index is 0.113. The van der Waals surface area contributed by atoms with Gasteiger partial charge < -0.3 is 18.7 Å². The minimum Gasteiger partial charge on any atom is -0.475 e. The van der Waals surface area contributed by atoms with Crippen LogP contribution in [0, 0.1) is 6.92 Å². The van der Waals surface area contributed by atoms with E-state index in [-0.39, 0.29) is 11.5 Å². The van der Waals surface area contributed by atoms with Crippen molar-refractivity contribution in [1.29, 1.82) is 0 Å². The van der Waals surface area contributed by atoms with Crippen molar-refractivity contribution in [3.8, 4) is 0 Å². The highest BCUT2D eigenvalue weighted by molar-refractivity contribution is 7.98. The molecule has 1 N–H and O–H groups in total. The number of rotatable bonds is 5. The van der Waals surface area contributed by atoms with E-state index >= 15 is 0 Å². The summed E-state index contributed by atoms with van der Waals surface area (Å²) in [6.45, 7) is 1.75. The van der Waals surface area contributed by atoms with Crippen LogP contribution in [0.25, 0.3) is 0 Å². The Bertz CT molecular complexity index is 639. The molecule has 0 aliphatic heterocycles. The lowest BCUT2D eigenvalue weighted by Crippen LogP contribution is -2.00. The summed E-state index contributed by atoms with van der Waals surface area (Å²) < 4.78 is 15.1. The molecule has 0 aromatic carbocycles. The molecule has 0 aliphatic rings. The lowest BCUT2D eigenvalue weighted by atomic mass is 10.3. The van der Waals surface area contributed by atoms with E-state index in [0.29, 0.717) is 22.2 Å². The summed E-state index contributed by atoms with van der Waals surface area (Å²) in [5.74, 6) is -0.568. The van der Waals surface area contributed by atoms with Crippen molar-refractivity contribution < 1.29 is 28.3 Å². The average molecular weight is 296 g/mol. The van der Waals surface area contributed by atoms with Crippen LogP contribution in [-0.2, 0) is 10.5 Å².